The highest BCUT2D eigenvalue weighted by atomic mass is 32.2. The first-order chi connectivity index (χ1) is 14.3. The Morgan fingerprint density at radius 1 is 0.933 bits per heavy atom. The fourth-order valence-electron chi connectivity index (χ4n) is 3.13. The van der Waals surface area contributed by atoms with Crippen LogP contribution in [0.25, 0.3) is 0 Å². The molecule has 0 aliphatic carbocycles. The molecule has 6 nitrogen and oxygen atoms in total. The van der Waals surface area contributed by atoms with Crippen molar-refractivity contribution in [3.8, 4) is 0 Å². The van der Waals surface area contributed by atoms with Crippen molar-refractivity contribution in [3.05, 3.63) is 89.2 Å². The lowest BCUT2D eigenvalue weighted by Gasteiger charge is -2.25. The van der Waals surface area contributed by atoms with Gasteiger partial charge in [-0.25, -0.2) is 8.42 Å². The maximum Gasteiger partial charge on any atom is 0.264 e. The van der Waals surface area contributed by atoms with Crippen molar-refractivity contribution < 1.29 is 13.2 Å². The number of rotatable bonds is 7. The van der Waals surface area contributed by atoms with Crippen molar-refractivity contribution in [1.82, 2.24) is 10.3 Å². The summed E-state index contributed by atoms with van der Waals surface area (Å²) < 4.78 is 28.0. The Labute approximate surface area is 177 Å². The second-order valence-corrected chi connectivity index (χ2v) is 9.13. The Balaban J connectivity index is 1.91. The number of carbonyl (C=O) groups excluding carboxylic acids is 1. The molecule has 0 spiro atoms. The fraction of sp³-hybridized carbons (Fsp3) is 0.217. The van der Waals surface area contributed by atoms with E-state index < -0.39 is 15.9 Å². The molecule has 30 heavy (non-hydrogen) atoms. The largest absolute Gasteiger partial charge is 0.349 e. The van der Waals surface area contributed by atoms with E-state index in [9.17, 15) is 13.2 Å². The topological polar surface area (TPSA) is 79.4 Å². The maximum absolute atomic E-state index is 13.4. The zero-order valence-electron chi connectivity index (χ0n) is 17.3. The molecule has 1 amide bonds. The summed E-state index contributed by atoms with van der Waals surface area (Å²) >= 11 is 0. The van der Waals surface area contributed by atoms with Crippen LogP contribution >= 0.6 is 0 Å². The quantitative estimate of drug-likeness (QED) is 0.631. The monoisotopic (exact) mass is 423 g/mol. The van der Waals surface area contributed by atoms with E-state index in [2.05, 4.69) is 10.3 Å². The molecular weight excluding hydrogens is 398 g/mol. The van der Waals surface area contributed by atoms with Gasteiger partial charge < -0.3 is 5.32 Å². The van der Waals surface area contributed by atoms with Crippen molar-refractivity contribution in [2.24, 2.45) is 0 Å². The molecule has 156 valence electrons. The van der Waals surface area contributed by atoms with E-state index >= 15 is 0 Å². The Morgan fingerprint density at radius 2 is 1.60 bits per heavy atom. The Bertz CT molecular complexity index is 1110. The SMILES string of the molecule is Cc1ccc(S(=O)(=O)N(CC(=O)NCc2ccccn2)c2cc(C)cc(C)c2)cc1. The highest BCUT2D eigenvalue weighted by Gasteiger charge is 2.27. The van der Waals surface area contributed by atoms with Crippen molar-refractivity contribution in [2.75, 3.05) is 10.8 Å². The van der Waals surface area contributed by atoms with Gasteiger partial charge >= 0.3 is 0 Å². The summed E-state index contributed by atoms with van der Waals surface area (Å²) in [5.74, 6) is -0.407. The van der Waals surface area contributed by atoms with Crippen LogP contribution in [0.15, 0.2) is 71.8 Å². The minimum Gasteiger partial charge on any atom is -0.349 e. The van der Waals surface area contributed by atoms with Gasteiger partial charge in [0, 0.05) is 6.20 Å². The summed E-state index contributed by atoms with van der Waals surface area (Å²) in [6.07, 6.45) is 1.64. The van der Waals surface area contributed by atoms with Crippen LogP contribution in [0.4, 0.5) is 5.69 Å². The van der Waals surface area contributed by atoms with E-state index in [1.165, 1.54) is 0 Å². The van der Waals surface area contributed by atoms with Gasteiger partial charge in [-0.05, 0) is 68.3 Å². The summed E-state index contributed by atoms with van der Waals surface area (Å²) in [5.41, 5.74) is 3.96. The highest BCUT2D eigenvalue weighted by Crippen LogP contribution is 2.26. The minimum atomic E-state index is -3.93. The number of carbonyl (C=O) groups is 1. The third kappa shape index (κ3) is 5.24. The second-order valence-electron chi connectivity index (χ2n) is 7.27. The molecule has 3 aromatic rings. The number of benzene rings is 2. The van der Waals surface area contributed by atoms with Crippen LogP contribution in [0.2, 0.25) is 0 Å². The van der Waals surface area contributed by atoms with Crippen LogP contribution in [0, 0.1) is 20.8 Å². The standard InChI is InChI=1S/C23H25N3O3S/c1-17-7-9-22(10-8-17)30(28,29)26(21-13-18(2)12-19(3)14-21)16-23(27)25-15-20-6-4-5-11-24-20/h4-14H,15-16H2,1-3H3,(H,25,27). The van der Waals surface area contributed by atoms with Crippen LogP contribution in [-0.2, 0) is 21.4 Å². The van der Waals surface area contributed by atoms with Crippen LogP contribution in [0.3, 0.4) is 0 Å². The van der Waals surface area contributed by atoms with Gasteiger partial charge in [-0.15, -0.1) is 0 Å². The molecule has 7 heteroatoms. The molecule has 0 unspecified atom stereocenters. The summed E-state index contributed by atoms with van der Waals surface area (Å²) in [6.45, 7) is 5.59. The summed E-state index contributed by atoms with van der Waals surface area (Å²) in [7, 11) is -3.93. The number of aromatic nitrogens is 1. The molecule has 0 aliphatic rings. The Morgan fingerprint density at radius 3 is 2.20 bits per heavy atom. The first kappa shape index (κ1) is 21.5. The molecule has 1 N–H and O–H groups in total. The number of hydrogen-bond acceptors (Lipinski definition) is 4. The van der Waals surface area contributed by atoms with Crippen LogP contribution in [-0.4, -0.2) is 25.9 Å². The van der Waals surface area contributed by atoms with Crippen molar-refractivity contribution in [2.45, 2.75) is 32.2 Å². The minimum absolute atomic E-state index is 0.143. The number of nitrogens with zero attached hydrogens (tertiary/aromatic N) is 2. The number of amides is 1. The first-order valence-corrected chi connectivity index (χ1v) is 11.0. The normalized spacial score (nSPS) is 11.2. The lowest BCUT2D eigenvalue weighted by molar-refractivity contribution is -0.119. The molecule has 0 saturated heterocycles. The summed E-state index contributed by atoms with van der Waals surface area (Å²) in [4.78, 5) is 17.0. The van der Waals surface area contributed by atoms with Gasteiger partial charge in [0.1, 0.15) is 6.54 Å². The van der Waals surface area contributed by atoms with Crippen LogP contribution in [0.1, 0.15) is 22.4 Å². The van der Waals surface area contributed by atoms with Gasteiger partial charge in [0.05, 0.1) is 22.8 Å². The number of nitrogens with one attached hydrogen (secondary N) is 1. The van der Waals surface area contributed by atoms with Gasteiger partial charge in [0.2, 0.25) is 5.91 Å². The molecular formula is C23H25N3O3S. The lowest BCUT2D eigenvalue weighted by Crippen LogP contribution is -2.40. The van der Waals surface area contributed by atoms with Crippen molar-refractivity contribution >= 4 is 21.6 Å². The van der Waals surface area contributed by atoms with Gasteiger partial charge in [-0.2, -0.15) is 0 Å². The zero-order valence-corrected chi connectivity index (χ0v) is 18.1. The molecule has 0 fully saturated rings. The molecule has 0 radical (unpaired) electrons. The number of pyridine rings is 1. The number of aryl methyl sites for hydroxylation is 3. The van der Waals surface area contributed by atoms with E-state index in [4.69, 9.17) is 0 Å². The number of hydrogen-bond donors (Lipinski definition) is 1. The van der Waals surface area contributed by atoms with Crippen molar-refractivity contribution in [1.29, 1.82) is 0 Å². The third-order valence-electron chi connectivity index (χ3n) is 4.58. The number of sulfonamides is 1. The van der Waals surface area contributed by atoms with Gasteiger partial charge in [-0.1, -0.05) is 29.8 Å². The van der Waals surface area contributed by atoms with E-state index in [0.717, 1.165) is 21.0 Å². The molecule has 0 aliphatic heterocycles. The van der Waals surface area contributed by atoms with Crippen LogP contribution in [0.5, 0.6) is 0 Å². The molecule has 0 bridgehead atoms. The van der Waals surface area contributed by atoms with E-state index in [0.29, 0.717) is 11.4 Å². The molecule has 0 saturated carbocycles. The number of anilines is 1. The molecule has 1 heterocycles. The smallest absolute Gasteiger partial charge is 0.264 e. The molecule has 2 aromatic carbocycles. The maximum atomic E-state index is 13.4. The van der Waals surface area contributed by atoms with E-state index in [1.54, 1.807) is 54.7 Å². The predicted molar refractivity (Wildman–Crippen MR) is 118 cm³/mol. The average Bonchev–Trinajstić information content (AvgIpc) is 2.70. The molecule has 1 aromatic heterocycles. The summed E-state index contributed by atoms with van der Waals surface area (Å²) in [5, 5.41) is 2.75. The van der Waals surface area contributed by atoms with Gasteiger partial charge in [-0.3, -0.25) is 14.1 Å². The highest BCUT2D eigenvalue weighted by molar-refractivity contribution is 7.92. The van der Waals surface area contributed by atoms with Gasteiger partial charge in [0.25, 0.3) is 10.0 Å². The third-order valence-corrected chi connectivity index (χ3v) is 6.37. The molecule has 0 atom stereocenters. The average molecular weight is 424 g/mol. The van der Waals surface area contributed by atoms with Crippen molar-refractivity contribution in [3.63, 3.8) is 0 Å². The van der Waals surface area contributed by atoms with Gasteiger partial charge in [0.15, 0.2) is 0 Å². The summed E-state index contributed by atoms with van der Waals surface area (Å²) in [6, 6.07) is 17.5. The first-order valence-electron chi connectivity index (χ1n) is 9.60. The molecule has 3 rings (SSSR count). The zero-order chi connectivity index (χ0) is 21.7. The second kappa shape index (κ2) is 9.09. The van der Waals surface area contributed by atoms with E-state index in [1.807, 2.05) is 32.9 Å². The Hall–Kier alpha value is -3.19. The lowest BCUT2D eigenvalue weighted by atomic mass is 10.1. The van der Waals surface area contributed by atoms with Crippen LogP contribution < -0.4 is 9.62 Å². The van der Waals surface area contributed by atoms with E-state index in [-0.39, 0.29) is 18.0 Å². The predicted octanol–water partition coefficient (Wildman–Crippen LogP) is 3.52. The fourth-order valence-corrected chi connectivity index (χ4v) is 4.53. The Kier molecular flexibility index (Phi) is 6.52.